The fraction of sp³-hybridized carbons (Fsp3) is 0.333. The van der Waals surface area contributed by atoms with Gasteiger partial charge >= 0.3 is 0 Å². The summed E-state index contributed by atoms with van der Waals surface area (Å²) in [7, 11) is 0. The van der Waals surface area contributed by atoms with E-state index in [0.29, 0.717) is 17.3 Å². The summed E-state index contributed by atoms with van der Waals surface area (Å²) in [6.45, 7) is 5.93. The summed E-state index contributed by atoms with van der Waals surface area (Å²) >= 11 is 0. The van der Waals surface area contributed by atoms with Crippen LogP contribution in [0.4, 0.5) is 10.3 Å². The predicted octanol–water partition coefficient (Wildman–Crippen LogP) is 1.95. The van der Waals surface area contributed by atoms with Crippen molar-refractivity contribution in [3.63, 3.8) is 0 Å². The molecule has 94 valence electrons. The van der Waals surface area contributed by atoms with E-state index >= 15 is 0 Å². The molecule has 0 aliphatic heterocycles. The van der Waals surface area contributed by atoms with Crippen LogP contribution in [0.15, 0.2) is 18.3 Å². The van der Waals surface area contributed by atoms with Crippen molar-refractivity contribution in [2.45, 2.75) is 26.2 Å². The van der Waals surface area contributed by atoms with E-state index in [9.17, 15) is 4.39 Å². The van der Waals surface area contributed by atoms with Gasteiger partial charge in [0, 0.05) is 5.41 Å². The average Bonchev–Trinajstić information content (AvgIpc) is 2.28. The van der Waals surface area contributed by atoms with Crippen molar-refractivity contribution in [2.24, 2.45) is 0 Å². The van der Waals surface area contributed by atoms with Gasteiger partial charge in [-0.2, -0.15) is 9.97 Å². The maximum absolute atomic E-state index is 12.8. The standard InChI is InChI=1S/C12H14FN5/c1-12(2,3)10-16-9(17-11(14)18-10)8-5-4-7(13)6-15-8/h4-6H,1-3H3,(H2,14,16,17,18). The molecule has 0 bridgehead atoms. The van der Waals surface area contributed by atoms with E-state index in [1.165, 1.54) is 12.1 Å². The van der Waals surface area contributed by atoms with Crippen LogP contribution >= 0.6 is 0 Å². The second-order valence-electron chi connectivity index (χ2n) is 4.95. The van der Waals surface area contributed by atoms with Crippen LogP contribution in [0.25, 0.3) is 11.5 Å². The molecule has 0 amide bonds. The highest BCUT2D eigenvalue weighted by molar-refractivity contribution is 5.50. The highest BCUT2D eigenvalue weighted by Gasteiger charge is 2.20. The first-order chi connectivity index (χ1) is 8.36. The Labute approximate surface area is 104 Å². The molecule has 5 nitrogen and oxygen atoms in total. The maximum atomic E-state index is 12.8. The lowest BCUT2D eigenvalue weighted by Gasteiger charge is -2.16. The van der Waals surface area contributed by atoms with Gasteiger partial charge in [0.2, 0.25) is 5.95 Å². The van der Waals surface area contributed by atoms with E-state index in [0.717, 1.165) is 6.20 Å². The molecule has 2 aromatic heterocycles. The molecule has 0 aromatic carbocycles. The summed E-state index contributed by atoms with van der Waals surface area (Å²) in [5.41, 5.74) is 5.88. The van der Waals surface area contributed by atoms with E-state index in [2.05, 4.69) is 19.9 Å². The van der Waals surface area contributed by atoms with E-state index in [1.54, 1.807) is 0 Å². The van der Waals surface area contributed by atoms with Gasteiger partial charge in [0.1, 0.15) is 17.3 Å². The zero-order chi connectivity index (χ0) is 13.3. The smallest absolute Gasteiger partial charge is 0.223 e. The number of hydrogen-bond acceptors (Lipinski definition) is 5. The quantitative estimate of drug-likeness (QED) is 0.833. The molecule has 2 N–H and O–H groups in total. The molecule has 2 rings (SSSR count). The summed E-state index contributed by atoms with van der Waals surface area (Å²) < 4.78 is 12.8. The highest BCUT2D eigenvalue weighted by Crippen LogP contribution is 2.21. The normalized spacial score (nSPS) is 11.6. The monoisotopic (exact) mass is 247 g/mol. The molecule has 0 radical (unpaired) electrons. The molecule has 0 fully saturated rings. The van der Waals surface area contributed by atoms with Gasteiger partial charge in [-0.1, -0.05) is 20.8 Å². The molecular formula is C12H14FN5. The van der Waals surface area contributed by atoms with Crippen molar-refractivity contribution in [1.82, 2.24) is 19.9 Å². The molecule has 2 heterocycles. The van der Waals surface area contributed by atoms with Crippen LogP contribution in [0.3, 0.4) is 0 Å². The number of pyridine rings is 1. The van der Waals surface area contributed by atoms with E-state index in [-0.39, 0.29) is 11.4 Å². The second-order valence-corrected chi connectivity index (χ2v) is 4.95. The Kier molecular flexibility index (Phi) is 2.94. The maximum Gasteiger partial charge on any atom is 0.223 e. The number of anilines is 1. The topological polar surface area (TPSA) is 77.6 Å². The zero-order valence-corrected chi connectivity index (χ0v) is 10.5. The number of nitrogens with zero attached hydrogens (tertiary/aromatic N) is 4. The molecule has 0 aliphatic rings. The molecule has 2 aromatic rings. The predicted molar refractivity (Wildman–Crippen MR) is 66.1 cm³/mol. The third kappa shape index (κ3) is 2.58. The van der Waals surface area contributed by atoms with Gasteiger partial charge in [-0.15, -0.1) is 0 Å². The molecule has 0 saturated carbocycles. The van der Waals surface area contributed by atoms with E-state index in [4.69, 9.17) is 5.73 Å². The molecule has 0 unspecified atom stereocenters. The van der Waals surface area contributed by atoms with Gasteiger partial charge in [-0.3, -0.25) is 0 Å². The van der Waals surface area contributed by atoms with Gasteiger partial charge in [0.25, 0.3) is 0 Å². The Morgan fingerprint density at radius 2 is 1.83 bits per heavy atom. The Morgan fingerprint density at radius 3 is 2.39 bits per heavy atom. The summed E-state index contributed by atoms with van der Waals surface area (Å²) in [6, 6.07) is 2.82. The minimum atomic E-state index is -0.406. The molecular weight excluding hydrogens is 233 g/mol. The minimum Gasteiger partial charge on any atom is -0.368 e. The van der Waals surface area contributed by atoms with Crippen molar-refractivity contribution >= 4 is 5.95 Å². The molecule has 18 heavy (non-hydrogen) atoms. The summed E-state index contributed by atoms with van der Waals surface area (Å²) in [5, 5.41) is 0. The molecule has 0 saturated heterocycles. The van der Waals surface area contributed by atoms with Gasteiger partial charge in [0.15, 0.2) is 5.82 Å². The Hall–Kier alpha value is -2.11. The summed E-state index contributed by atoms with van der Waals surface area (Å²) in [4.78, 5) is 16.4. The van der Waals surface area contributed by atoms with Crippen molar-refractivity contribution in [1.29, 1.82) is 0 Å². The van der Waals surface area contributed by atoms with Gasteiger partial charge in [-0.25, -0.2) is 14.4 Å². The zero-order valence-electron chi connectivity index (χ0n) is 10.5. The lowest BCUT2D eigenvalue weighted by molar-refractivity contribution is 0.544. The molecule has 0 spiro atoms. The van der Waals surface area contributed by atoms with Crippen LogP contribution in [-0.4, -0.2) is 19.9 Å². The third-order valence-corrected chi connectivity index (χ3v) is 2.28. The third-order valence-electron chi connectivity index (χ3n) is 2.28. The number of aromatic nitrogens is 4. The first-order valence-corrected chi connectivity index (χ1v) is 5.50. The van der Waals surface area contributed by atoms with Crippen molar-refractivity contribution in [2.75, 3.05) is 5.73 Å². The molecule has 0 atom stereocenters. The fourth-order valence-electron chi connectivity index (χ4n) is 1.35. The Balaban J connectivity index is 2.52. The van der Waals surface area contributed by atoms with Crippen molar-refractivity contribution < 1.29 is 4.39 Å². The average molecular weight is 247 g/mol. The van der Waals surface area contributed by atoms with E-state index < -0.39 is 5.82 Å². The lowest BCUT2D eigenvalue weighted by Crippen LogP contribution is -2.18. The number of nitrogen functional groups attached to an aromatic ring is 1. The summed E-state index contributed by atoms with van der Waals surface area (Å²) in [5.74, 6) is 0.663. The van der Waals surface area contributed by atoms with Crippen LogP contribution in [0.5, 0.6) is 0 Å². The van der Waals surface area contributed by atoms with Crippen molar-refractivity contribution in [3.8, 4) is 11.5 Å². The number of hydrogen-bond donors (Lipinski definition) is 1. The van der Waals surface area contributed by atoms with Crippen LogP contribution < -0.4 is 5.73 Å². The number of rotatable bonds is 1. The first-order valence-electron chi connectivity index (χ1n) is 5.50. The van der Waals surface area contributed by atoms with Crippen LogP contribution in [0.2, 0.25) is 0 Å². The van der Waals surface area contributed by atoms with Crippen LogP contribution in [-0.2, 0) is 5.41 Å². The number of nitrogens with two attached hydrogens (primary N) is 1. The van der Waals surface area contributed by atoms with E-state index in [1.807, 2.05) is 20.8 Å². The van der Waals surface area contributed by atoms with Crippen molar-refractivity contribution in [3.05, 3.63) is 30.0 Å². The Bertz CT molecular complexity index is 560. The molecule has 6 heteroatoms. The Morgan fingerprint density at radius 1 is 1.11 bits per heavy atom. The van der Waals surface area contributed by atoms with Crippen LogP contribution in [0, 0.1) is 5.82 Å². The minimum absolute atomic E-state index is 0.135. The molecule has 0 aliphatic carbocycles. The van der Waals surface area contributed by atoms with Gasteiger partial charge in [-0.05, 0) is 12.1 Å². The largest absolute Gasteiger partial charge is 0.368 e. The first kappa shape index (κ1) is 12.3. The fourth-order valence-corrected chi connectivity index (χ4v) is 1.35. The van der Waals surface area contributed by atoms with Gasteiger partial charge < -0.3 is 5.73 Å². The van der Waals surface area contributed by atoms with Gasteiger partial charge in [0.05, 0.1) is 6.20 Å². The second kappa shape index (κ2) is 4.29. The summed E-state index contributed by atoms with van der Waals surface area (Å²) in [6.07, 6.45) is 1.12. The van der Waals surface area contributed by atoms with Crippen LogP contribution in [0.1, 0.15) is 26.6 Å². The highest BCUT2D eigenvalue weighted by atomic mass is 19.1. The SMILES string of the molecule is CC(C)(C)c1nc(N)nc(-c2ccc(F)cn2)n1. The number of halogens is 1. The lowest BCUT2D eigenvalue weighted by atomic mass is 9.96.